The second-order valence-corrected chi connectivity index (χ2v) is 10.5. The molecule has 5 rings (SSSR count). The van der Waals surface area contributed by atoms with Gasteiger partial charge in [0.25, 0.3) is 5.56 Å². The molecule has 1 atom stereocenters. The Hall–Kier alpha value is -3.75. The minimum absolute atomic E-state index is 0.173. The van der Waals surface area contributed by atoms with Gasteiger partial charge >= 0.3 is 0 Å². The molecule has 8 nitrogen and oxygen atoms in total. The lowest BCUT2D eigenvalue weighted by Crippen LogP contribution is -2.33. The third kappa shape index (κ3) is 4.82. The van der Waals surface area contributed by atoms with Crippen LogP contribution < -0.4 is 10.9 Å². The second-order valence-electron chi connectivity index (χ2n) is 10.5. The number of allylic oxidation sites excluding steroid dienone is 1. The van der Waals surface area contributed by atoms with E-state index in [1.807, 2.05) is 18.2 Å². The number of fused-ring (bicyclic) bond motifs is 2. The van der Waals surface area contributed by atoms with Gasteiger partial charge < -0.3 is 15.3 Å². The molecule has 0 amide bonds. The van der Waals surface area contributed by atoms with Gasteiger partial charge in [0.15, 0.2) is 5.82 Å². The molecule has 37 heavy (non-hydrogen) atoms. The number of nitrogens with zero attached hydrogens (tertiary/aromatic N) is 5. The maximum absolute atomic E-state index is 13.3. The smallest absolute Gasteiger partial charge is 0.276 e. The van der Waals surface area contributed by atoms with Gasteiger partial charge in [0.2, 0.25) is 0 Å². The number of rotatable bonds is 7. The molecule has 0 saturated carbocycles. The summed E-state index contributed by atoms with van der Waals surface area (Å²) >= 11 is 0. The summed E-state index contributed by atoms with van der Waals surface area (Å²) < 4.78 is 3.36. The molecule has 1 unspecified atom stereocenters. The van der Waals surface area contributed by atoms with E-state index in [1.54, 1.807) is 41.6 Å². The van der Waals surface area contributed by atoms with Crippen LogP contribution >= 0.6 is 0 Å². The fourth-order valence-electron chi connectivity index (χ4n) is 5.03. The van der Waals surface area contributed by atoms with Crippen LogP contribution in [0.2, 0.25) is 0 Å². The number of aromatic nitrogens is 4. The highest BCUT2D eigenvalue weighted by Gasteiger charge is 2.22. The van der Waals surface area contributed by atoms with Gasteiger partial charge in [-0.1, -0.05) is 18.2 Å². The summed E-state index contributed by atoms with van der Waals surface area (Å²) in [4.78, 5) is 24.8. The molecule has 1 aliphatic rings. The van der Waals surface area contributed by atoms with Gasteiger partial charge in [0.05, 0.1) is 23.1 Å². The average Bonchev–Trinajstić information content (AvgIpc) is 3.14. The first kappa shape index (κ1) is 24.9. The topological polar surface area (TPSA) is 88.2 Å². The molecular weight excluding hydrogens is 464 g/mol. The Kier molecular flexibility index (Phi) is 6.47. The molecule has 0 bridgehead atoms. The Morgan fingerprint density at radius 3 is 2.76 bits per heavy atom. The van der Waals surface area contributed by atoms with E-state index in [-0.39, 0.29) is 5.56 Å². The Bertz CT molecular complexity index is 1530. The van der Waals surface area contributed by atoms with Crippen molar-refractivity contribution < 1.29 is 5.11 Å². The minimum atomic E-state index is -1.12. The highest BCUT2D eigenvalue weighted by atomic mass is 16.3. The highest BCUT2D eigenvalue weighted by Crippen LogP contribution is 2.28. The Balaban J connectivity index is 1.57. The van der Waals surface area contributed by atoms with Crippen LogP contribution in [-0.2, 0) is 25.0 Å². The molecule has 192 valence electrons. The average molecular weight is 499 g/mol. The Morgan fingerprint density at radius 1 is 1.22 bits per heavy atom. The number of likely N-dealkylation sites (N-methyl/N-ethyl adjacent to an activating group) is 1. The van der Waals surface area contributed by atoms with Gasteiger partial charge in [-0.3, -0.25) is 4.79 Å². The lowest BCUT2D eigenvalue weighted by molar-refractivity contribution is 0.0738. The van der Waals surface area contributed by atoms with Crippen LogP contribution in [0.15, 0.2) is 66.1 Å². The molecule has 4 aromatic rings. The highest BCUT2D eigenvalue weighted by molar-refractivity contribution is 5.82. The molecule has 1 aromatic carbocycles. The van der Waals surface area contributed by atoms with Crippen molar-refractivity contribution in [3.8, 4) is 5.82 Å². The molecular formula is C29H34N6O2. The zero-order valence-electron chi connectivity index (χ0n) is 21.9. The molecule has 2 N–H and O–H groups in total. The van der Waals surface area contributed by atoms with Crippen molar-refractivity contribution in [2.45, 2.75) is 51.3 Å². The summed E-state index contributed by atoms with van der Waals surface area (Å²) in [7, 11) is 4.28. The third-order valence-electron chi connectivity index (χ3n) is 7.11. The first-order valence-corrected chi connectivity index (χ1v) is 12.6. The molecule has 0 fully saturated rings. The van der Waals surface area contributed by atoms with Crippen LogP contribution in [0.4, 0.5) is 11.5 Å². The summed E-state index contributed by atoms with van der Waals surface area (Å²) in [5.41, 5.74) is 3.63. The zero-order chi connectivity index (χ0) is 26.3. The number of anilines is 2. The van der Waals surface area contributed by atoms with Crippen LogP contribution in [0.3, 0.4) is 0 Å². The van der Waals surface area contributed by atoms with Crippen LogP contribution in [-0.4, -0.2) is 49.5 Å². The van der Waals surface area contributed by atoms with Crippen molar-refractivity contribution in [3.63, 3.8) is 0 Å². The van der Waals surface area contributed by atoms with Crippen molar-refractivity contribution in [1.29, 1.82) is 0 Å². The Morgan fingerprint density at radius 2 is 2.03 bits per heavy atom. The van der Waals surface area contributed by atoms with Crippen LogP contribution in [0, 0.1) is 0 Å². The summed E-state index contributed by atoms with van der Waals surface area (Å²) in [6.07, 6.45) is 6.57. The SMILES string of the molecule is C=CCn1c(=O)c2cnc(Nc3ccc4c(c3)CC(N(C)C)CC4)cc2n1-c1cccc(C(C)(C)O)n1. The van der Waals surface area contributed by atoms with Crippen molar-refractivity contribution in [3.05, 3.63) is 88.5 Å². The molecule has 0 saturated heterocycles. The van der Waals surface area contributed by atoms with Gasteiger partial charge in [0.1, 0.15) is 11.4 Å². The van der Waals surface area contributed by atoms with Gasteiger partial charge in [-0.15, -0.1) is 6.58 Å². The first-order valence-electron chi connectivity index (χ1n) is 12.6. The zero-order valence-corrected chi connectivity index (χ0v) is 21.9. The van der Waals surface area contributed by atoms with E-state index < -0.39 is 5.60 Å². The number of hydrogen-bond donors (Lipinski definition) is 2. The maximum atomic E-state index is 13.3. The normalized spacial score (nSPS) is 15.7. The van der Waals surface area contributed by atoms with Crippen molar-refractivity contribution in [2.24, 2.45) is 0 Å². The molecule has 3 aromatic heterocycles. The summed E-state index contributed by atoms with van der Waals surface area (Å²) in [5.74, 6) is 1.17. The quantitative estimate of drug-likeness (QED) is 0.372. The second kappa shape index (κ2) is 9.61. The minimum Gasteiger partial charge on any atom is -0.384 e. The fraction of sp³-hybridized carbons (Fsp3) is 0.345. The summed E-state index contributed by atoms with van der Waals surface area (Å²) in [6.45, 7) is 7.51. The number of aryl methyl sites for hydroxylation is 1. The number of benzene rings is 1. The molecule has 0 radical (unpaired) electrons. The lowest BCUT2D eigenvalue weighted by Gasteiger charge is -2.30. The van der Waals surface area contributed by atoms with Gasteiger partial charge in [0, 0.05) is 24.0 Å². The maximum Gasteiger partial charge on any atom is 0.276 e. The van der Waals surface area contributed by atoms with E-state index in [2.05, 4.69) is 59.1 Å². The fourth-order valence-corrected chi connectivity index (χ4v) is 5.03. The number of hydrogen-bond acceptors (Lipinski definition) is 6. The van der Waals surface area contributed by atoms with Crippen LogP contribution in [0.5, 0.6) is 0 Å². The predicted octanol–water partition coefficient (Wildman–Crippen LogP) is 4.16. The number of nitrogens with one attached hydrogen (secondary N) is 1. The van der Waals surface area contributed by atoms with Crippen LogP contribution in [0.1, 0.15) is 37.1 Å². The van der Waals surface area contributed by atoms with E-state index in [9.17, 15) is 9.90 Å². The largest absolute Gasteiger partial charge is 0.384 e. The molecule has 8 heteroatoms. The van der Waals surface area contributed by atoms with E-state index in [4.69, 9.17) is 0 Å². The van der Waals surface area contributed by atoms with Crippen molar-refractivity contribution in [1.82, 2.24) is 24.2 Å². The number of pyridine rings is 2. The van der Waals surface area contributed by atoms with Crippen LogP contribution in [0.25, 0.3) is 16.7 Å². The van der Waals surface area contributed by atoms with E-state index in [0.29, 0.717) is 40.8 Å². The third-order valence-corrected chi connectivity index (χ3v) is 7.11. The van der Waals surface area contributed by atoms with Crippen molar-refractivity contribution >= 4 is 22.4 Å². The molecule has 0 spiro atoms. The standard InChI is InChI=1S/C29H34N6O2/c1-6-14-34-28(36)23-18-30-26(17-24(23)35(34)27-9-7-8-25(32-27)29(2,3)37)31-21-12-10-19-11-13-22(33(4)5)16-20(19)15-21/h6-10,12,15,17-18,22,37H,1,11,13-14,16H2,2-5H3,(H,30,31). The van der Waals surface area contributed by atoms with Crippen molar-refractivity contribution in [2.75, 3.05) is 19.4 Å². The first-order chi connectivity index (χ1) is 17.7. The van der Waals surface area contributed by atoms with E-state index in [1.165, 1.54) is 17.5 Å². The van der Waals surface area contributed by atoms with Gasteiger partial charge in [-0.05, 0) is 82.6 Å². The summed E-state index contributed by atoms with van der Waals surface area (Å²) in [5, 5.41) is 14.4. The van der Waals surface area contributed by atoms with E-state index in [0.717, 1.165) is 18.5 Å². The predicted molar refractivity (Wildman–Crippen MR) is 148 cm³/mol. The molecule has 0 aliphatic heterocycles. The molecule has 3 heterocycles. The lowest BCUT2D eigenvalue weighted by atomic mass is 9.87. The van der Waals surface area contributed by atoms with E-state index >= 15 is 0 Å². The summed E-state index contributed by atoms with van der Waals surface area (Å²) in [6, 6.07) is 14.3. The number of aliphatic hydroxyl groups is 1. The van der Waals surface area contributed by atoms with Gasteiger partial charge in [-0.2, -0.15) is 0 Å². The van der Waals surface area contributed by atoms with Gasteiger partial charge in [-0.25, -0.2) is 19.3 Å². The Labute approximate surface area is 216 Å². The molecule has 1 aliphatic carbocycles. The monoisotopic (exact) mass is 498 g/mol.